The third-order valence-corrected chi connectivity index (χ3v) is 7.66. The first-order valence-electron chi connectivity index (χ1n) is 10.4. The molecule has 2 saturated heterocycles. The van der Waals surface area contributed by atoms with Crippen LogP contribution in [-0.2, 0) is 10.0 Å². The van der Waals surface area contributed by atoms with E-state index in [9.17, 15) is 17.2 Å². The summed E-state index contributed by atoms with van der Waals surface area (Å²) >= 11 is 0. The molecule has 2 aliphatic rings. The van der Waals surface area contributed by atoms with Gasteiger partial charge >= 0.3 is 0 Å². The molecule has 2 aliphatic heterocycles. The number of nitrogens with zero attached hydrogens (tertiary/aromatic N) is 7. The van der Waals surface area contributed by atoms with Crippen molar-refractivity contribution in [1.29, 1.82) is 0 Å². The number of hydrogen-bond donors (Lipinski definition) is 0. The lowest BCUT2D eigenvalue weighted by molar-refractivity contribution is 0.144. The van der Waals surface area contributed by atoms with Gasteiger partial charge in [0.15, 0.2) is 5.65 Å². The second-order valence-electron chi connectivity index (χ2n) is 8.41. The fourth-order valence-electron chi connectivity index (χ4n) is 4.79. The number of hydrogen-bond acceptors (Lipinski definition) is 7. The van der Waals surface area contributed by atoms with Crippen LogP contribution in [0.15, 0.2) is 30.7 Å². The highest BCUT2D eigenvalue weighted by Crippen LogP contribution is 2.40. The second kappa shape index (κ2) is 7.69. The number of anilines is 1. The van der Waals surface area contributed by atoms with E-state index in [0.717, 1.165) is 32.2 Å². The normalized spacial score (nSPS) is 22.4. The van der Waals surface area contributed by atoms with Crippen LogP contribution < -0.4 is 4.90 Å². The van der Waals surface area contributed by atoms with Gasteiger partial charge in [-0.25, -0.2) is 36.7 Å². The Kier molecular flexibility index (Phi) is 5.08. The van der Waals surface area contributed by atoms with Crippen LogP contribution in [0.3, 0.4) is 0 Å². The first-order valence-corrected chi connectivity index (χ1v) is 12.3. The number of fused-ring (bicyclic) bond motifs is 1. The molecule has 32 heavy (non-hydrogen) atoms. The third-order valence-electron chi connectivity index (χ3n) is 6.41. The summed E-state index contributed by atoms with van der Waals surface area (Å²) in [6, 6.07) is 4.56. The number of rotatable bonds is 4. The zero-order chi connectivity index (χ0) is 22.5. The summed E-state index contributed by atoms with van der Waals surface area (Å²) in [5.74, 6) is 0.685. The lowest BCUT2D eigenvalue weighted by atomic mass is 9.85. The van der Waals surface area contributed by atoms with E-state index in [2.05, 4.69) is 25.0 Å². The van der Waals surface area contributed by atoms with Crippen molar-refractivity contribution in [3.63, 3.8) is 0 Å². The summed E-state index contributed by atoms with van der Waals surface area (Å²) in [7, 11) is -3.27. The highest BCUT2D eigenvalue weighted by atomic mass is 32.2. The summed E-state index contributed by atoms with van der Waals surface area (Å²) in [6.45, 7) is 1.68. The molecule has 0 amide bonds. The van der Waals surface area contributed by atoms with Gasteiger partial charge in [0.05, 0.1) is 23.7 Å². The molecular formula is C20H23F2N7O2S. The molecule has 0 saturated carbocycles. The van der Waals surface area contributed by atoms with Crippen molar-refractivity contribution in [3.05, 3.63) is 36.4 Å². The van der Waals surface area contributed by atoms with Crippen molar-refractivity contribution < 1.29 is 17.2 Å². The van der Waals surface area contributed by atoms with E-state index in [1.165, 1.54) is 33.5 Å². The van der Waals surface area contributed by atoms with E-state index < -0.39 is 16.4 Å². The Morgan fingerprint density at radius 1 is 1.09 bits per heavy atom. The molecule has 1 spiro atoms. The highest BCUT2D eigenvalue weighted by Gasteiger charge is 2.47. The fraction of sp³-hybridized carbons (Fsp3) is 0.500. The average Bonchev–Trinajstić information content (AvgIpc) is 3.38. The predicted molar refractivity (Wildman–Crippen MR) is 114 cm³/mol. The van der Waals surface area contributed by atoms with E-state index >= 15 is 0 Å². The highest BCUT2D eigenvalue weighted by molar-refractivity contribution is 7.88. The summed E-state index contributed by atoms with van der Waals surface area (Å²) in [5, 5.41) is 4.02. The smallest absolute Gasteiger partial charge is 0.282 e. The van der Waals surface area contributed by atoms with Crippen LogP contribution in [0.2, 0.25) is 0 Å². The maximum atomic E-state index is 13.2. The average molecular weight is 464 g/mol. The Labute approximate surface area is 184 Å². The minimum atomic E-state index is -3.27. The monoisotopic (exact) mass is 463 g/mol. The summed E-state index contributed by atoms with van der Waals surface area (Å²) in [4.78, 5) is 15.3. The molecule has 0 N–H and O–H groups in total. The number of alkyl halides is 2. The standard InChI is InChI=1S/C20H23F2N7O2S/c1-32(30,31)27-9-7-20(12-27)6-2-3-8-28(20)18-10-15(24-13-25-18)16-11-23-17-5-4-14(19(21)22)26-29(16)17/h4-5,10-11,13,19H,2-3,6-9,12H2,1H3. The van der Waals surface area contributed by atoms with E-state index in [0.29, 0.717) is 35.9 Å². The molecule has 5 heterocycles. The molecule has 170 valence electrons. The van der Waals surface area contributed by atoms with Crippen LogP contribution in [0, 0.1) is 0 Å². The number of aromatic nitrogens is 5. The lowest BCUT2D eigenvalue weighted by Gasteiger charge is -2.45. The van der Waals surface area contributed by atoms with E-state index in [-0.39, 0.29) is 11.2 Å². The zero-order valence-electron chi connectivity index (χ0n) is 17.5. The van der Waals surface area contributed by atoms with E-state index in [4.69, 9.17) is 0 Å². The number of imidazole rings is 1. The Bertz CT molecular complexity index is 1270. The van der Waals surface area contributed by atoms with Gasteiger partial charge in [0, 0.05) is 25.7 Å². The van der Waals surface area contributed by atoms with Crippen LogP contribution in [0.5, 0.6) is 0 Å². The molecule has 0 bridgehead atoms. The van der Waals surface area contributed by atoms with Gasteiger partial charge in [-0.05, 0) is 37.8 Å². The molecule has 12 heteroatoms. The van der Waals surface area contributed by atoms with Crippen LogP contribution in [-0.4, -0.2) is 68.7 Å². The Balaban J connectivity index is 1.53. The van der Waals surface area contributed by atoms with Crippen LogP contribution in [0.25, 0.3) is 17.0 Å². The van der Waals surface area contributed by atoms with E-state index in [1.54, 1.807) is 12.3 Å². The first-order chi connectivity index (χ1) is 15.3. The van der Waals surface area contributed by atoms with Crippen molar-refractivity contribution in [2.75, 3.05) is 30.8 Å². The largest absolute Gasteiger partial charge is 0.349 e. The third kappa shape index (κ3) is 3.60. The molecule has 0 aromatic carbocycles. The summed E-state index contributed by atoms with van der Waals surface area (Å²) in [6.07, 6.45) is 5.16. The predicted octanol–water partition coefficient (Wildman–Crippen LogP) is 2.52. The molecule has 0 radical (unpaired) electrons. The number of halogens is 2. The molecule has 1 unspecified atom stereocenters. The van der Waals surface area contributed by atoms with Crippen LogP contribution in [0.4, 0.5) is 14.6 Å². The Morgan fingerprint density at radius 3 is 2.69 bits per heavy atom. The second-order valence-corrected chi connectivity index (χ2v) is 10.4. The van der Waals surface area contributed by atoms with Gasteiger partial charge in [-0.1, -0.05) is 0 Å². The molecule has 1 atom stereocenters. The van der Waals surface area contributed by atoms with Gasteiger partial charge in [-0.2, -0.15) is 9.40 Å². The van der Waals surface area contributed by atoms with Gasteiger partial charge in [0.1, 0.15) is 23.5 Å². The Morgan fingerprint density at radius 2 is 1.94 bits per heavy atom. The topological polar surface area (TPSA) is 96.6 Å². The maximum Gasteiger partial charge on any atom is 0.282 e. The van der Waals surface area contributed by atoms with Crippen molar-refractivity contribution in [1.82, 2.24) is 28.9 Å². The van der Waals surface area contributed by atoms with Gasteiger partial charge < -0.3 is 4.90 Å². The van der Waals surface area contributed by atoms with Gasteiger partial charge in [-0.15, -0.1) is 0 Å². The number of sulfonamides is 1. The quantitative estimate of drug-likeness (QED) is 0.587. The lowest BCUT2D eigenvalue weighted by Crippen LogP contribution is -2.54. The van der Waals surface area contributed by atoms with Crippen molar-refractivity contribution in [3.8, 4) is 11.4 Å². The molecule has 5 rings (SSSR count). The van der Waals surface area contributed by atoms with E-state index in [1.807, 2.05) is 0 Å². The van der Waals surface area contributed by atoms with Crippen molar-refractivity contribution in [2.45, 2.75) is 37.6 Å². The minimum Gasteiger partial charge on any atom is -0.349 e. The molecule has 2 fully saturated rings. The minimum absolute atomic E-state index is 0.312. The molecule has 3 aromatic rings. The molecule has 0 aliphatic carbocycles. The molecule has 3 aromatic heterocycles. The fourth-order valence-corrected chi connectivity index (χ4v) is 5.69. The van der Waals surface area contributed by atoms with Crippen LogP contribution >= 0.6 is 0 Å². The zero-order valence-corrected chi connectivity index (χ0v) is 18.3. The van der Waals surface area contributed by atoms with Gasteiger partial charge in [0.25, 0.3) is 6.43 Å². The molecular weight excluding hydrogens is 440 g/mol. The molecule has 9 nitrogen and oxygen atoms in total. The van der Waals surface area contributed by atoms with Gasteiger partial charge in [0.2, 0.25) is 10.0 Å². The SMILES string of the molecule is CS(=O)(=O)N1CCC2(CCCCN2c2cc(-c3cnc4ccc(C(F)F)nn34)ncn2)C1. The Hall–Kier alpha value is -2.73. The van der Waals surface area contributed by atoms with Crippen LogP contribution in [0.1, 0.15) is 37.8 Å². The van der Waals surface area contributed by atoms with Crippen molar-refractivity contribution >= 4 is 21.5 Å². The summed E-state index contributed by atoms with van der Waals surface area (Å²) in [5.41, 5.74) is 0.793. The maximum absolute atomic E-state index is 13.2. The summed E-state index contributed by atoms with van der Waals surface area (Å²) < 4.78 is 53.4. The number of piperidine rings is 1. The first kappa shape index (κ1) is 21.1. The van der Waals surface area contributed by atoms with Crippen molar-refractivity contribution in [2.24, 2.45) is 0 Å². The van der Waals surface area contributed by atoms with Gasteiger partial charge in [-0.3, -0.25) is 0 Å².